The van der Waals surface area contributed by atoms with Gasteiger partial charge in [-0.15, -0.1) is 6.58 Å². The van der Waals surface area contributed by atoms with Gasteiger partial charge in [0, 0.05) is 13.6 Å². The second-order valence-electron chi connectivity index (χ2n) is 7.15. The van der Waals surface area contributed by atoms with E-state index in [1.54, 1.807) is 36.2 Å². The van der Waals surface area contributed by atoms with E-state index < -0.39 is 29.9 Å². The Morgan fingerprint density at radius 3 is 2.46 bits per heavy atom. The molecule has 0 saturated heterocycles. The number of nitrogens with zero attached hydrogens (tertiary/aromatic N) is 1. The lowest BCUT2D eigenvalue weighted by Gasteiger charge is -2.23. The quantitative estimate of drug-likeness (QED) is 0.370. The number of benzene rings is 1. The summed E-state index contributed by atoms with van der Waals surface area (Å²) in [6, 6.07) is 8.69. The van der Waals surface area contributed by atoms with Crippen LogP contribution in [0.15, 0.2) is 43.0 Å². The van der Waals surface area contributed by atoms with Crippen molar-refractivity contribution < 1.29 is 23.9 Å². The molecule has 6 nitrogen and oxygen atoms in total. The number of rotatable bonds is 9. The molecule has 1 aliphatic carbocycles. The van der Waals surface area contributed by atoms with Gasteiger partial charge in [-0.2, -0.15) is 0 Å². The monoisotopic (exact) mass is 387 g/mol. The smallest absolute Gasteiger partial charge is 0.338 e. The van der Waals surface area contributed by atoms with E-state index in [4.69, 9.17) is 9.47 Å². The Labute approximate surface area is 166 Å². The van der Waals surface area contributed by atoms with Crippen LogP contribution in [0, 0.1) is 11.8 Å². The number of carbonyl (C=O) groups is 3. The first-order chi connectivity index (χ1) is 13.5. The average Bonchev–Trinajstić information content (AvgIpc) is 3.14. The van der Waals surface area contributed by atoms with Crippen molar-refractivity contribution >= 4 is 17.8 Å². The van der Waals surface area contributed by atoms with Gasteiger partial charge < -0.3 is 14.4 Å². The lowest BCUT2D eigenvalue weighted by molar-refractivity contribution is -0.151. The highest BCUT2D eigenvalue weighted by Gasteiger charge is 2.45. The molecule has 0 heterocycles. The van der Waals surface area contributed by atoms with Crippen LogP contribution in [0.5, 0.6) is 0 Å². The van der Waals surface area contributed by atoms with Crippen LogP contribution in [0.3, 0.4) is 0 Å². The predicted molar refractivity (Wildman–Crippen MR) is 106 cm³/mol. The van der Waals surface area contributed by atoms with Crippen LogP contribution in [0.2, 0.25) is 0 Å². The number of hydrogen-bond acceptors (Lipinski definition) is 5. The van der Waals surface area contributed by atoms with Crippen molar-refractivity contribution in [3.8, 4) is 0 Å². The first-order valence-electron chi connectivity index (χ1n) is 9.67. The Morgan fingerprint density at radius 2 is 1.82 bits per heavy atom. The van der Waals surface area contributed by atoms with E-state index in [0.29, 0.717) is 24.9 Å². The van der Waals surface area contributed by atoms with Crippen LogP contribution in [-0.4, -0.2) is 49.6 Å². The molecule has 1 fully saturated rings. The Bertz CT molecular complexity index is 687. The molecule has 1 aromatic carbocycles. The third-order valence-electron chi connectivity index (χ3n) is 5.15. The van der Waals surface area contributed by atoms with Gasteiger partial charge in [-0.3, -0.25) is 9.59 Å². The zero-order valence-corrected chi connectivity index (χ0v) is 16.6. The lowest BCUT2D eigenvalue weighted by Crippen LogP contribution is -2.37. The van der Waals surface area contributed by atoms with E-state index in [1.807, 2.05) is 12.1 Å². The molecular formula is C22H29NO5. The molecule has 0 bridgehead atoms. The minimum absolute atomic E-state index is 0.104. The lowest BCUT2D eigenvalue weighted by atomic mass is 9.94. The molecule has 28 heavy (non-hydrogen) atoms. The van der Waals surface area contributed by atoms with Crippen molar-refractivity contribution in [2.24, 2.45) is 11.8 Å². The van der Waals surface area contributed by atoms with Gasteiger partial charge in [0.25, 0.3) is 0 Å². The summed E-state index contributed by atoms with van der Waals surface area (Å²) in [5.41, 5.74) is 0.450. The Kier molecular flexibility index (Phi) is 8.23. The number of amides is 1. The van der Waals surface area contributed by atoms with Gasteiger partial charge in [-0.1, -0.05) is 24.3 Å². The Balaban J connectivity index is 2.01. The van der Waals surface area contributed by atoms with Gasteiger partial charge in [-0.05, 0) is 44.2 Å². The van der Waals surface area contributed by atoms with E-state index >= 15 is 0 Å². The fourth-order valence-corrected chi connectivity index (χ4v) is 3.60. The number of unbranched alkanes of at least 4 members (excludes halogenated alkanes) is 2. The number of methoxy groups -OCH3 is 1. The van der Waals surface area contributed by atoms with Gasteiger partial charge in [0.1, 0.15) is 6.10 Å². The second kappa shape index (κ2) is 10.6. The number of allylic oxidation sites excluding steroid dienone is 1. The van der Waals surface area contributed by atoms with Gasteiger partial charge in [0.15, 0.2) is 0 Å². The van der Waals surface area contributed by atoms with Crippen molar-refractivity contribution in [1.82, 2.24) is 4.90 Å². The van der Waals surface area contributed by atoms with Crippen LogP contribution >= 0.6 is 0 Å². The summed E-state index contributed by atoms with van der Waals surface area (Å²) in [6.07, 6.45) is 4.74. The molecule has 0 radical (unpaired) electrons. The summed E-state index contributed by atoms with van der Waals surface area (Å²) >= 11 is 0. The van der Waals surface area contributed by atoms with Crippen molar-refractivity contribution in [2.45, 2.75) is 38.2 Å². The van der Waals surface area contributed by atoms with Gasteiger partial charge in [0.2, 0.25) is 5.91 Å². The summed E-state index contributed by atoms with van der Waals surface area (Å²) in [5, 5.41) is 0. The fraction of sp³-hybridized carbons (Fsp3) is 0.500. The third-order valence-corrected chi connectivity index (χ3v) is 5.15. The maximum atomic E-state index is 12.9. The van der Waals surface area contributed by atoms with Gasteiger partial charge in [-0.25, -0.2) is 4.79 Å². The summed E-state index contributed by atoms with van der Waals surface area (Å²) in [5.74, 6) is -2.11. The molecule has 0 spiro atoms. The topological polar surface area (TPSA) is 72.9 Å². The summed E-state index contributed by atoms with van der Waals surface area (Å²) in [6.45, 7) is 4.31. The first kappa shape index (κ1) is 21.7. The molecule has 2 rings (SSSR count). The van der Waals surface area contributed by atoms with Crippen molar-refractivity contribution in [3.05, 3.63) is 48.6 Å². The van der Waals surface area contributed by atoms with Crippen LogP contribution in [0.1, 0.15) is 42.5 Å². The van der Waals surface area contributed by atoms with E-state index in [1.165, 1.54) is 7.11 Å². The molecule has 0 N–H and O–H groups in total. The highest BCUT2D eigenvalue weighted by Crippen LogP contribution is 2.36. The highest BCUT2D eigenvalue weighted by molar-refractivity contribution is 5.90. The van der Waals surface area contributed by atoms with Crippen molar-refractivity contribution in [1.29, 1.82) is 0 Å². The minimum Gasteiger partial charge on any atom is -0.469 e. The SMILES string of the molecule is C=CCCCCN(C)C(=O)C1CC(OC(=O)c2ccccc2)CC1C(=O)OC. The normalized spacial score (nSPS) is 21.0. The molecule has 3 unspecified atom stereocenters. The third kappa shape index (κ3) is 5.68. The number of carbonyl (C=O) groups excluding carboxylic acids is 3. The Hall–Kier alpha value is -2.63. The summed E-state index contributed by atoms with van der Waals surface area (Å²) in [4.78, 5) is 39.1. The molecule has 1 aliphatic rings. The molecule has 6 heteroatoms. The standard InChI is InChI=1S/C22H29NO5/c1-4-5-6-10-13-23(2)20(24)18-14-17(15-19(18)22(26)27-3)28-21(25)16-11-8-7-9-12-16/h4,7-9,11-12,17-19H,1,5-6,10,13-15H2,2-3H3. The van der Waals surface area contributed by atoms with Crippen molar-refractivity contribution in [2.75, 3.05) is 20.7 Å². The molecule has 0 aliphatic heterocycles. The van der Waals surface area contributed by atoms with E-state index in [-0.39, 0.29) is 5.91 Å². The molecule has 1 amide bonds. The number of esters is 2. The van der Waals surface area contributed by atoms with Crippen LogP contribution in [0.25, 0.3) is 0 Å². The maximum Gasteiger partial charge on any atom is 0.338 e. The van der Waals surface area contributed by atoms with Gasteiger partial charge in [0.05, 0.1) is 24.5 Å². The molecule has 0 aromatic heterocycles. The predicted octanol–water partition coefficient (Wildman–Crippen LogP) is 3.23. The molecule has 1 saturated carbocycles. The molecule has 1 aromatic rings. The van der Waals surface area contributed by atoms with Crippen LogP contribution in [-0.2, 0) is 19.1 Å². The fourth-order valence-electron chi connectivity index (χ4n) is 3.60. The van der Waals surface area contributed by atoms with Gasteiger partial charge >= 0.3 is 11.9 Å². The molecule has 3 atom stereocenters. The van der Waals surface area contributed by atoms with Crippen LogP contribution < -0.4 is 0 Å². The zero-order chi connectivity index (χ0) is 20.5. The molecule has 152 valence electrons. The largest absolute Gasteiger partial charge is 0.469 e. The van der Waals surface area contributed by atoms with E-state index in [9.17, 15) is 14.4 Å². The Morgan fingerprint density at radius 1 is 1.14 bits per heavy atom. The average molecular weight is 387 g/mol. The highest BCUT2D eigenvalue weighted by atomic mass is 16.5. The van der Waals surface area contributed by atoms with E-state index in [2.05, 4.69) is 6.58 Å². The molecular weight excluding hydrogens is 358 g/mol. The number of ether oxygens (including phenoxy) is 2. The second-order valence-corrected chi connectivity index (χ2v) is 7.15. The maximum absolute atomic E-state index is 12.9. The summed E-state index contributed by atoms with van der Waals surface area (Å²) < 4.78 is 10.5. The zero-order valence-electron chi connectivity index (χ0n) is 16.6. The van der Waals surface area contributed by atoms with Crippen molar-refractivity contribution in [3.63, 3.8) is 0 Å². The summed E-state index contributed by atoms with van der Waals surface area (Å²) in [7, 11) is 3.06. The number of hydrogen-bond donors (Lipinski definition) is 0. The van der Waals surface area contributed by atoms with Crippen LogP contribution in [0.4, 0.5) is 0 Å². The van der Waals surface area contributed by atoms with E-state index in [0.717, 1.165) is 19.3 Å². The minimum atomic E-state index is -0.596. The first-order valence-corrected chi connectivity index (χ1v) is 9.67.